The third kappa shape index (κ3) is 2.57. The van der Waals surface area contributed by atoms with E-state index in [1.54, 1.807) is 23.1 Å². The zero-order valence-corrected chi connectivity index (χ0v) is 12.2. The minimum Gasteiger partial charge on any atom is -0.230 e. The first-order valence-corrected chi connectivity index (χ1v) is 8.13. The lowest BCUT2D eigenvalue weighted by Gasteiger charge is -2.07. The molecule has 0 amide bonds. The summed E-state index contributed by atoms with van der Waals surface area (Å²) in [5.74, 6) is 0. The summed E-state index contributed by atoms with van der Waals surface area (Å²) in [6, 6.07) is 18.9. The van der Waals surface area contributed by atoms with Crippen molar-refractivity contribution in [3.05, 3.63) is 60.0 Å². The van der Waals surface area contributed by atoms with Crippen LogP contribution in [0.15, 0.2) is 64.3 Å². The highest BCUT2D eigenvalue weighted by atomic mass is 32.2. The number of hydrogen-bond acceptors (Lipinski definition) is 3. The van der Waals surface area contributed by atoms with Gasteiger partial charge in [0.25, 0.3) is 0 Å². The van der Waals surface area contributed by atoms with Gasteiger partial charge in [-0.15, -0.1) is 11.3 Å². The van der Waals surface area contributed by atoms with E-state index < -0.39 is 0 Å². The van der Waals surface area contributed by atoms with Crippen LogP contribution in [0.3, 0.4) is 0 Å². The summed E-state index contributed by atoms with van der Waals surface area (Å²) in [6.45, 7) is 0. The molecule has 0 spiro atoms. The van der Waals surface area contributed by atoms with E-state index >= 15 is 0 Å². The first-order valence-electron chi connectivity index (χ1n) is 6.03. The molecule has 1 aromatic heterocycles. The quantitative estimate of drug-likeness (QED) is 0.613. The van der Waals surface area contributed by atoms with E-state index in [0.29, 0.717) is 0 Å². The Morgan fingerprint density at radius 1 is 0.895 bits per heavy atom. The van der Waals surface area contributed by atoms with Crippen LogP contribution in [0.25, 0.3) is 22.4 Å². The van der Waals surface area contributed by atoms with E-state index in [9.17, 15) is 0 Å². The van der Waals surface area contributed by atoms with Crippen LogP contribution in [0.1, 0.15) is 0 Å². The van der Waals surface area contributed by atoms with Gasteiger partial charge in [0.1, 0.15) is 4.34 Å². The van der Waals surface area contributed by atoms with Crippen molar-refractivity contribution >= 4 is 23.1 Å². The second-order valence-corrected chi connectivity index (χ2v) is 6.03. The lowest BCUT2D eigenvalue weighted by molar-refractivity contribution is 1.26. The normalized spacial score (nSPS) is 10.6. The summed E-state index contributed by atoms with van der Waals surface area (Å²) in [5.41, 5.74) is 4.73. The summed E-state index contributed by atoms with van der Waals surface area (Å²) >= 11 is 3.39. The first-order chi connectivity index (χ1) is 9.38. The van der Waals surface area contributed by atoms with Gasteiger partial charge in [-0.1, -0.05) is 66.4 Å². The topological polar surface area (TPSA) is 12.9 Å². The molecule has 0 aliphatic rings. The van der Waals surface area contributed by atoms with Gasteiger partial charge in [-0.2, -0.15) is 0 Å². The maximum atomic E-state index is 4.67. The highest BCUT2D eigenvalue weighted by Gasteiger charge is 2.09. The number of thioether (sulfide) groups is 1. The van der Waals surface area contributed by atoms with Crippen LogP contribution in [0, 0.1) is 0 Å². The molecule has 3 heteroatoms. The fourth-order valence-electron chi connectivity index (χ4n) is 2.05. The van der Waals surface area contributed by atoms with Gasteiger partial charge in [-0.3, -0.25) is 0 Å². The average Bonchev–Trinajstić information content (AvgIpc) is 2.97. The molecule has 0 saturated carbocycles. The Morgan fingerprint density at radius 3 is 2.26 bits per heavy atom. The molecule has 3 aromatic rings. The summed E-state index contributed by atoms with van der Waals surface area (Å²) in [4.78, 5) is 4.67. The van der Waals surface area contributed by atoms with Crippen LogP contribution >= 0.6 is 23.1 Å². The molecule has 0 fully saturated rings. The number of benzene rings is 2. The van der Waals surface area contributed by atoms with Crippen LogP contribution in [0.2, 0.25) is 0 Å². The van der Waals surface area contributed by atoms with Crippen molar-refractivity contribution in [2.75, 3.05) is 6.26 Å². The molecule has 0 atom stereocenters. The zero-order chi connectivity index (χ0) is 13.1. The molecule has 2 aromatic carbocycles. The number of aromatic nitrogens is 1. The number of hydrogen-bond donors (Lipinski definition) is 0. The molecule has 1 nitrogen and oxygen atoms in total. The Labute approximate surface area is 121 Å². The molecule has 3 rings (SSSR count). The Bertz CT molecular complexity index is 674. The van der Waals surface area contributed by atoms with Gasteiger partial charge < -0.3 is 0 Å². The molecule has 0 aliphatic heterocycles. The second kappa shape index (κ2) is 5.59. The van der Waals surface area contributed by atoms with Crippen LogP contribution in [0.5, 0.6) is 0 Å². The third-order valence-corrected chi connectivity index (χ3v) is 4.81. The molecule has 0 aliphatic carbocycles. The Hall–Kier alpha value is -1.58. The highest BCUT2D eigenvalue weighted by molar-refractivity contribution is 8.00. The lowest BCUT2D eigenvalue weighted by Crippen LogP contribution is -1.84. The van der Waals surface area contributed by atoms with Crippen LogP contribution in [-0.2, 0) is 0 Å². The highest BCUT2D eigenvalue weighted by Crippen LogP contribution is 2.33. The summed E-state index contributed by atoms with van der Waals surface area (Å²) in [5, 5.41) is 2.13. The van der Waals surface area contributed by atoms with Crippen molar-refractivity contribution < 1.29 is 0 Å². The van der Waals surface area contributed by atoms with E-state index in [2.05, 4.69) is 65.2 Å². The minimum absolute atomic E-state index is 1.06. The molecule has 1 heterocycles. The molecule has 0 bridgehead atoms. The van der Waals surface area contributed by atoms with Crippen LogP contribution in [0.4, 0.5) is 0 Å². The molecule has 0 unspecified atom stereocenters. The molecule has 19 heavy (non-hydrogen) atoms. The molecular formula is C16H13NS2. The maximum Gasteiger partial charge on any atom is 0.150 e. The van der Waals surface area contributed by atoms with Crippen molar-refractivity contribution in [2.24, 2.45) is 0 Å². The molecule has 0 radical (unpaired) electrons. The van der Waals surface area contributed by atoms with Gasteiger partial charge in [-0.25, -0.2) is 4.98 Å². The van der Waals surface area contributed by atoms with E-state index in [1.807, 2.05) is 6.07 Å². The van der Waals surface area contributed by atoms with Crippen molar-refractivity contribution in [3.63, 3.8) is 0 Å². The summed E-state index contributed by atoms with van der Waals surface area (Å²) in [6.07, 6.45) is 2.06. The monoisotopic (exact) mass is 283 g/mol. The van der Waals surface area contributed by atoms with Gasteiger partial charge >= 0.3 is 0 Å². The van der Waals surface area contributed by atoms with Gasteiger partial charge in [0.2, 0.25) is 0 Å². The molecule has 0 saturated heterocycles. The zero-order valence-electron chi connectivity index (χ0n) is 10.5. The lowest BCUT2D eigenvalue weighted by atomic mass is 9.98. The Morgan fingerprint density at radius 2 is 1.58 bits per heavy atom. The van der Waals surface area contributed by atoms with E-state index in [1.165, 1.54) is 16.7 Å². The predicted octanol–water partition coefficient (Wildman–Crippen LogP) is 5.20. The van der Waals surface area contributed by atoms with Crippen LogP contribution in [-0.4, -0.2) is 11.2 Å². The first kappa shape index (κ1) is 12.5. The van der Waals surface area contributed by atoms with Gasteiger partial charge in [0, 0.05) is 10.9 Å². The number of nitrogens with zero attached hydrogens (tertiary/aromatic N) is 1. The molecular weight excluding hydrogens is 270 g/mol. The largest absolute Gasteiger partial charge is 0.230 e. The van der Waals surface area contributed by atoms with Crippen molar-refractivity contribution in [1.82, 2.24) is 4.98 Å². The fraction of sp³-hybridized carbons (Fsp3) is 0.0625. The second-order valence-electron chi connectivity index (χ2n) is 4.11. The smallest absolute Gasteiger partial charge is 0.150 e. The van der Waals surface area contributed by atoms with Gasteiger partial charge in [0.15, 0.2) is 0 Å². The van der Waals surface area contributed by atoms with Gasteiger partial charge in [-0.05, 0) is 17.4 Å². The summed E-state index contributed by atoms with van der Waals surface area (Å²) < 4.78 is 1.11. The van der Waals surface area contributed by atoms with Crippen LogP contribution < -0.4 is 0 Å². The number of rotatable bonds is 3. The average molecular weight is 283 g/mol. The standard InChI is InChI=1S/C16H13NS2/c1-18-16-17-15(11-19-16)14-10-6-5-9-13(14)12-7-3-2-4-8-12/h2-11H,1H3. The Balaban J connectivity index is 2.12. The minimum atomic E-state index is 1.06. The SMILES string of the molecule is CSc1nc(-c2ccccc2-c2ccccc2)cs1. The van der Waals surface area contributed by atoms with E-state index in [4.69, 9.17) is 0 Å². The molecule has 94 valence electrons. The van der Waals surface area contributed by atoms with Crippen molar-refractivity contribution in [3.8, 4) is 22.4 Å². The van der Waals surface area contributed by atoms with Gasteiger partial charge in [0.05, 0.1) is 5.69 Å². The summed E-state index contributed by atoms with van der Waals surface area (Å²) in [7, 11) is 0. The predicted molar refractivity (Wildman–Crippen MR) is 84.8 cm³/mol. The Kier molecular flexibility index (Phi) is 3.67. The maximum absolute atomic E-state index is 4.67. The fourth-order valence-corrected chi connectivity index (χ4v) is 3.31. The van der Waals surface area contributed by atoms with E-state index in [0.717, 1.165) is 10.0 Å². The van der Waals surface area contributed by atoms with Crippen molar-refractivity contribution in [1.29, 1.82) is 0 Å². The third-order valence-electron chi connectivity index (χ3n) is 2.95. The number of thiazole rings is 1. The molecule has 0 N–H and O–H groups in total. The van der Waals surface area contributed by atoms with Crippen molar-refractivity contribution in [2.45, 2.75) is 4.34 Å². The van der Waals surface area contributed by atoms with E-state index in [-0.39, 0.29) is 0 Å².